The van der Waals surface area contributed by atoms with Crippen molar-refractivity contribution in [2.45, 2.75) is 26.4 Å². The summed E-state index contributed by atoms with van der Waals surface area (Å²) in [5.41, 5.74) is 1.09. The van der Waals surface area contributed by atoms with E-state index in [1.165, 1.54) is 39.2 Å². The van der Waals surface area contributed by atoms with Crippen molar-refractivity contribution in [2.75, 3.05) is 0 Å². The topological polar surface area (TPSA) is 26.3 Å². The molecule has 0 N–H and O–H groups in total. The van der Waals surface area contributed by atoms with E-state index >= 15 is 0 Å². The van der Waals surface area contributed by atoms with Gasteiger partial charge in [0.05, 0.1) is 0 Å². The third-order valence-corrected chi connectivity index (χ3v) is 4.59. The Morgan fingerprint density at radius 2 is 1.52 bits per heavy atom. The third-order valence-electron chi connectivity index (χ3n) is 4.59. The van der Waals surface area contributed by atoms with Crippen molar-refractivity contribution in [3.63, 3.8) is 0 Å². The highest BCUT2D eigenvalue weighted by atomic mass is 16.5. The van der Waals surface area contributed by atoms with Gasteiger partial charge in [0, 0.05) is 12.5 Å². The van der Waals surface area contributed by atoms with Crippen molar-refractivity contribution in [1.29, 1.82) is 0 Å². The summed E-state index contributed by atoms with van der Waals surface area (Å²) in [7, 11) is 0. The lowest BCUT2D eigenvalue weighted by Gasteiger charge is -2.20. The van der Waals surface area contributed by atoms with Gasteiger partial charge in [-0.15, -0.1) is 0 Å². The molecule has 0 fully saturated rings. The predicted octanol–water partition coefficient (Wildman–Crippen LogP) is 5.60. The van der Waals surface area contributed by atoms with Crippen molar-refractivity contribution >= 4 is 38.3 Å². The molecule has 2 nitrogen and oxygen atoms in total. The first-order chi connectivity index (χ1) is 11.2. The number of benzene rings is 4. The average molecular weight is 302 g/mol. The maximum atomic E-state index is 11.4. The fraction of sp³-hybridized carbons (Fsp3) is 0.190. The van der Waals surface area contributed by atoms with Crippen molar-refractivity contribution in [1.82, 2.24) is 0 Å². The number of carbonyl (C=O) groups excluding carboxylic acids is 1. The third kappa shape index (κ3) is 2.14. The van der Waals surface area contributed by atoms with Crippen LogP contribution < -0.4 is 0 Å². The van der Waals surface area contributed by atoms with Crippen LogP contribution in [-0.2, 0) is 9.53 Å². The zero-order chi connectivity index (χ0) is 16.0. The van der Waals surface area contributed by atoms with Gasteiger partial charge in [-0.2, -0.15) is 0 Å². The Morgan fingerprint density at radius 3 is 2.17 bits per heavy atom. The second-order valence-electron chi connectivity index (χ2n) is 6.02. The van der Waals surface area contributed by atoms with E-state index in [-0.39, 0.29) is 12.1 Å². The SMILES string of the molecule is CC[C@@H](OC(C)=O)c1ccc2ccc3cccc4ccc1c2c34. The van der Waals surface area contributed by atoms with E-state index in [0.29, 0.717) is 0 Å². The first-order valence-electron chi connectivity index (χ1n) is 8.02. The zero-order valence-electron chi connectivity index (χ0n) is 13.3. The van der Waals surface area contributed by atoms with Crippen LogP contribution in [0.25, 0.3) is 32.3 Å². The van der Waals surface area contributed by atoms with Gasteiger partial charge >= 0.3 is 5.97 Å². The molecule has 0 saturated carbocycles. The van der Waals surface area contributed by atoms with Crippen LogP contribution in [0.2, 0.25) is 0 Å². The Morgan fingerprint density at radius 1 is 0.913 bits per heavy atom. The Labute approximate surface area is 135 Å². The van der Waals surface area contributed by atoms with E-state index in [2.05, 4.69) is 54.6 Å². The highest BCUT2D eigenvalue weighted by molar-refractivity contribution is 6.23. The van der Waals surface area contributed by atoms with Crippen LogP contribution in [0.3, 0.4) is 0 Å². The van der Waals surface area contributed by atoms with Gasteiger partial charge in [-0.1, -0.05) is 61.5 Å². The molecule has 0 bridgehead atoms. The highest BCUT2D eigenvalue weighted by Gasteiger charge is 2.18. The summed E-state index contributed by atoms with van der Waals surface area (Å²) in [6.07, 6.45) is 0.570. The van der Waals surface area contributed by atoms with E-state index in [0.717, 1.165) is 12.0 Å². The molecule has 114 valence electrons. The minimum atomic E-state index is -0.234. The number of esters is 1. The molecular weight excluding hydrogens is 284 g/mol. The first-order valence-corrected chi connectivity index (χ1v) is 8.02. The molecule has 4 rings (SSSR count). The molecule has 0 heterocycles. The molecule has 0 unspecified atom stereocenters. The lowest BCUT2D eigenvalue weighted by molar-refractivity contribution is -0.146. The van der Waals surface area contributed by atoms with E-state index < -0.39 is 0 Å². The Kier molecular flexibility index (Phi) is 3.19. The minimum absolute atomic E-state index is 0.197. The molecule has 0 saturated heterocycles. The predicted molar refractivity (Wildman–Crippen MR) is 94.9 cm³/mol. The van der Waals surface area contributed by atoms with Gasteiger partial charge < -0.3 is 4.74 Å². The fourth-order valence-corrected chi connectivity index (χ4v) is 3.61. The van der Waals surface area contributed by atoms with Gasteiger partial charge in [-0.3, -0.25) is 4.79 Å². The van der Waals surface area contributed by atoms with Gasteiger partial charge in [0.2, 0.25) is 0 Å². The summed E-state index contributed by atoms with van der Waals surface area (Å²) in [6.45, 7) is 3.52. The summed E-state index contributed by atoms with van der Waals surface area (Å²) < 4.78 is 5.54. The molecule has 0 spiro atoms. The number of ether oxygens (including phenoxy) is 1. The van der Waals surface area contributed by atoms with Crippen LogP contribution in [0.1, 0.15) is 31.9 Å². The smallest absolute Gasteiger partial charge is 0.303 e. The number of hydrogen-bond donors (Lipinski definition) is 0. The van der Waals surface area contributed by atoms with Gasteiger partial charge in [0.1, 0.15) is 6.10 Å². The number of hydrogen-bond acceptors (Lipinski definition) is 2. The maximum absolute atomic E-state index is 11.4. The van der Waals surface area contributed by atoms with Crippen LogP contribution in [0.5, 0.6) is 0 Å². The summed E-state index contributed by atoms with van der Waals surface area (Å²) in [6, 6.07) is 19.3. The molecule has 0 aliphatic heterocycles. The average Bonchev–Trinajstić information content (AvgIpc) is 2.57. The molecular formula is C21H18O2. The molecule has 0 aromatic heterocycles. The van der Waals surface area contributed by atoms with Gasteiger partial charge in [0.15, 0.2) is 0 Å². The molecule has 0 amide bonds. The minimum Gasteiger partial charge on any atom is -0.458 e. The zero-order valence-corrected chi connectivity index (χ0v) is 13.3. The van der Waals surface area contributed by atoms with Crippen molar-refractivity contribution < 1.29 is 9.53 Å². The van der Waals surface area contributed by atoms with E-state index in [4.69, 9.17) is 4.74 Å². The number of rotatable bonds is 3. The molecule has 4 aromatic carbocycles. The molecule has 0 aliphatic carbocycles. The summed E-state index contributed by atoms with van der Waals surface area (Å²) in [5.74, 6) is -0.234. The van der Waals surface area contributed by atoms with Crippen LogP contribution in [-0.4, -0.2) is 5.97 Å². The standard InChI is InChI=1S/C21H18O2/c1-3-19(23-13(2)22)17-11-9-16-8-7-14-5-4-6-15-10-12-18(17)21(16)20(14)15/h4-12,19H,3H2,1-2H3/t19-/m1/s1. The van der Waals surface area contributed by atoms with Crippen molar-refractivity contribution in [3.05, 3.63) is 60.2 Å². The summed E-state index contributed by atoms with van der Waals surface area (Å²) in [5, 5.41) is 7.47. The first kappa shape index (κ1) is 14.0. The Hall–Kier alpha value is -2.61. The van der Waals surface area contributed by atoms with E-state index in [1.54, 1.807) is 0 Å². The molecule has 0 radical (unpaired) electrons. The highest BCUT2D eigenvalue weighted by Crippen LogP contribution is 2.38. The second-order valence-corrected chi connectivity index (χ2v) is 6.02. The Bertz CT molecular complexity index is 1000. The monoisotopic (exact) mass is 302 g/mol. The normalized spacial score (nSPS) is 13.0. The lowest BCUT2D eigenvalue weighted by atomic mass is 9.90. The van der Waals surface area contributed by atoms with Crippen molar-refractivity contribution in [2.24, 2.45) is 0 Å². The molecule has 0 aliphatic rings. The van der Waals surface area contributed by atoms with Crippen molar-refractivity contribution in [3.8, 4) is 0 Å². The lowest BCUT2D eigenvalue weighted by Crippen LogP contribution is -2.08. The van der Waals surface area contributed by atoms with Gasteiger partial charge in [-0.25, -0.2) is 0 Å². The van der Waals surface area contributed by atoms with E-state index in [9.17, 15) is 4.79 Å². The Balaban J connectivity index is 2.08. The fourth-order valence-electron chi connectivity index (χ4n) is 3.61. The quantitative estimate of drug-likeness (QED) is 0.364. The van der Waals surface area contributed by atoms with Crippen LogP contribution in [0.15, 0.2) is 54.6 Å². The number of carbonyl (C=O) groups is 1. The molecule has 4 aromatic rings. The van der Waals surface area contributed by atoms with Crippen LogP contribution in [0, 0.1) is 0 Å². The van der Waals surface area contributed by atoms with Crippen LogP contribution >= 0.6 is 0 Å². The summed E-state index contributed by atoms with van der Waals surface area (Å²) in [4.78, 5) is 11.4. The van der Waals surface area contributed by atoms with Gasteiger partial charge in [-0.05, 0) is 38.7 Å². The summed E-state index contributed by atoms with van der Waals surface area (Å²) >= 11 is 0. The van der Waals surface area contributed by atoms with Crippen LogP contribution in [0.4, 0.5) is 0 Å². The maximum Gasteiger partial charge on any atom is 0.303 e. The molecule has 23 heavy (non-hydrogen) atoms. The largest absolute Gasteiger partial charge is 0.458 e. The van der Waals surface area contributed by atoms with Gasteiger partial charge in [0.25, 0.3) is 0 Å². The second kappa shape index (κ2) is 5.24. The molecule has 1 atom stereocenters. The van der Waals surface area contributed by atoms with E-state index in [1.807, 2.05) is 6.92 Å². The molecule has 2 heteroatoms.